The Balaban J connectivity index is 0.000000174. The fourth-order valence-corrected chi connectivity index (χ4v) is 4.43. The van der Waals surface area contributed by atoms with Crippen molar-refractivity contribution in [3.63, 3.8) is 0 Å². The third-order valence-electron chi connectivity index (χ3n) is 6.00. The maximum atomic E-state index is 5.37. The summed E-state index contributed by atoms with van der Waals surface area (Å²) in [5, 5.41) is 5.49. The zero-order chi connectivity index (χ0) is 19.7. The van der Waals surface area contributed by atoms with Gasteiger partial charge in [0, 0.05) is 24.3 Å². The van der Waals surface area contributed by atoms with Crippen molar-refractivity contribution in [3.8, 4) is 22.6 Å². The summed E-state index contributed by atoms with van der Waals surface area (Å²) in [5.74, 6) is 1.48. The predicted molar refractivity (Wildman–Crippen MR) is 111 cm³/mol. The molecule has 4 unspecified atom stereocenters. The highest BCUT2D eigenvalue weighted by atomic mass is 16.7. The number of hydrazine groups is 1. The Morgan fingerprint density at radius 2 is 1.93 bits per heavy atom. The second-order valence-corrected chi connectivity index (χ2v) is 7.51. The summed E-state index contributed by atoms with van der Waals surface area (Å²) >= 11 is 0. The van der Waals surface area contributed by atoms with Gasteiger partial charge in [-0.15, -0.1) is 5.59 Å². The average molecular weight is 383 g/mol. The third-order valence-corrected chi connectivity index (χ3v) is 6.00. The van der Waals surface area contributed by atoms with Gasteiger partial charge in [-0.05, 0) is 55.5 Å². The molecule has 6 heteroatoms. The molecule has 28 heavy (non-hydrogen) atoms. The van der Waals surface area contributed by atoms with Crippen molar-refractivity contribution in [2.75, 3.05) is 26.6 Å². The zero-order valence-electron chi connectivity index (χ0n) is 17.0. The van der Waals surface area contributed by atoms with Gasteiger partial charge >= 0.3 is 0 Å². The monoisotopic (exact) mass is 383 g/mol. The van der Waals surface area contributed by atoms with E-state index >= 15 is 0 Å². The van der Waals surface area contributed by atoms with E-state index in [-0.39, 0.29) is 0 Å². The maximum absolute atomic E-state index is 5.37. The number of nitrogens with zero attached hydrogens (tertiary/aromatic N) is 1. The number of piperidine rings is 1. The Labute approximate surface area is 166 Å². The molecule has 2 N–H and O–H groups in total. The van der Waals surface area contributed by atoms with Crippen molar-refractivity contribution < 1.29 is 14.3 Å². The van der Waals surface area contributed by atoms with Crippen molar-refractivity contribution in [2.24, 2.45) is 0 Å². The topological polar surface area (TPSA) is 55.0 Å². The summed E-state index contributed by atoms with van der Waals surface area (Å²) in [6.45, 7) is 2.10. The number of nitrogens with one attached hydrogen (secondary N) is 2. The number of methoxy groups -OCH3 is 2. The lowest BCUT2D eigenvalue weighted by Gasteiger charge is -2.47. The molecule has 1 saturated carbocycles. The second kappa shape index (κ2) is 7.99. The van der Waals surface area contributed by atoms with E-state index in [0.717, 1.165) is 34.8 Å². The first-order valence-electron chi connectivity index (χ1n) is 9.85. The van der Waals surface area contributed by atoms with Gasteiger partial charge in [0.15, 0.2) is 11.5 Å². The van der Waals surface area contributed by atoms with Crippen LogP contribution in [0.4, 0.5) is 5.69 Å². The van der Waals surface area contributed by atoms with Gasteiger partial charge in [0.2, 0.25) is 0 Å². The standard InChI is InChI=1S/C16H19NO2.C6H10N2O/c1-11-6-5-7-13(17-2)16(11)12-8-9-14(18-3)15(10-12)19-4;1-2-6-5-3-4(1)8(5)7-9-6/h5-10,17H,1-4H3;4-7H,1-3H2. The first kappa shape index (κ1) is 19.1. The van der Waals surface area contributed by atoms with E-state index in [2.05, 4.69) is 35.0 Å². The molecule has 3 saturated heterocycles. The number of fused-ring (bicyclic) bond motifs is 1. The van der Waals surface area contributed by atoms with Crippen LogP contribution in [0, 0.1) is 6.92 Å². The molecule has 0 radical (unpaired) electrons. The van der Waals surface area contributed by atoms with Crippen molar-refractivity contribution >= 4 is 5.69 Å². The molecule has 6 rings (SSSR count). The molecule has 4 aliphatic rings. The fraction of sp³-hybridized carbons (Fsp3) is 0.455. The molecule has 2 aromatic carbocycles. The lowest BCUT2D eigenvalue weighted by atomic mass is 9.80. The van der Waals surface area contributed by atoms with Gasteiger partial charge in [0.05, 0.1) is 26.4 Å². The van der Waals surface area contributed by atoms with E-state index in [4.69, 9.17) is 14.3 Å². The molecular weight excluding hydrogens is 354 g/mol. The number of rotatable bonds is 4. The summed E-state index contributed by atoms with van der Waals surface area (Å²) in [7, 11) is 5.22. The van der Waals surface area contributed by atoms with Crippen molar-refractivity contribution in [1.29, 1.82) is 0 Å². The van der Waals surface area contributed by atoms with Crippen LogP contribution < -0.4 is 20.4 Å². The van der Waals surface area contributed by atoms with Crippen molar-refractivity contribution in [2.45, 2.75) is 44.4 Å². The maximum Gasteiger partial charge on any atom is 0.161 e. The Morgan fingerprint density at radius 1 is 1.11 bits per heavy atom. The number of benzene rings is 2. The Morgan fingerprint density at radius 3 is 2.57 bits per heavy atom. The van der Waals surface area contributed by atoms with Crippen molar-refractivity contribution in [1.82, 2.24) is 10.6 Å². The quantitative estimate of drug-likeness (QED) is 0.838. The van der Waals surface area contributed by atoms with Gasteiger partial charge in [-0.2, -0.15) is 0 Å². The van der Waals surface area contributed by atoms with E-state index in [9.17, 15) is 0 Å². The SMILES string of the molecule is C1CC2CC3C1ONN23.CNc1cccc(C)c1-c1ccc(OC)c(OC)c1. The van der Waals surface area contributed by atoms with E-state index in [1.54, 1.807) is 14.2 Å². The number of aryl methyl sites for hydroxylation is 1. The van der Waals surface area contributed by atoms with Crippen LogP contribution in [0.15, 0.2) is 36.4 Å². The number of anilines is 1. The summed E-state index contributed by atoms with van der Waals surface area (Å²) in [4.78, 5) is 5.31. The molecule has 0 amide bonds. The zero-order valence-corrected chi connectivity index (χ0v) is 17.0. The first-order chi connectivity index (χ1) is 13.7. The second-order valence-electron chi connectivity index (χ2n) is 7.51. The predicted octanol–water partition coefficient (Wildman–Crippen LogP) is 3.76. The van der Waals surface area contributed by atoms with Crippen LogP contribution in [0.1, 0.15) is 24.8 Å². The molecule has 4 bridgehead atoms. The van der Waals surface area contributed by atoms with Crippen LogP contribution in [-0.2, 0) is 4.84 Å². The minimum atomic E-state index is 0.509. The van der Waals surface area contributed by atoms with Gasteiger partial charge < -0.3 is 14.8 Å². The summed E-state index contributed by atoms with van der Waals surface area (Å²) in [6.07, 6.45) is 4.46. The Hall–Kier alpha value is -2.28. The lowest BCUT2D eigenvalue weighted by molar-refractivity contribution is -0.0500. The molecule has 3 aliphatic heterocycles. The molecule has 3 heterocycles. The largest absolute Gasteiger partial charge is 0.493 e. The molecule has 150 valence electrons. The Bertz CT molecular complexity index is 823. The highest BCUT2D eigenvalue weighted by molar-refractivity contribution is 5.81. The number of ether oxygens (including phenoxy) is 2. The summed E-state index contributed by atoms with van der Waals surface area (Å²) in [6, 6.07) is 13.7. The van der Waals surface area contributed by atoms with Crippen LogP contribution in [0.5, 0.6) is 11.5 Å². The van der Waals surface area contributed by atoms with Gasteiger partial charge in [0.25, 0.3) is 0 Å². The molecule has 4 fully saturated rings. The van der Waals surface area contributed by atoms with Gasteiger partial charge in [-0.3, -0.25) is 4.84 Å². The van der Waals surface area contributed by atoms with Crippen LogP contribution >= 0.6 is 0 Å². The molecule has 0 spiro atoms. The smallest absolute Gasteiger partial charge is 0.161 e. The van der Waals surface area contributed by atoms with E-state index in [0.29, 0.717) is 6.10 Å². The van der Waals surface area contributed by atoms with E-state index in [1.165, 1.54) is 30.4 Å². The van der Waals surface area contributed by atoms with E-state index in [1.807, 2.05) is 31.3 Å². The van der Waals surface area contributed by atoms with Gasteiger partial charge in [-0.1, -0.05) is 18.2 Å². The van der Waals surface area contributed by atoms with Crippen LogP contribution in [-0.4, -0.2) is 44.5 Å². The molecule has 0 aromatic heterocycles. The van der Waals surface area contributed by atoms with Gasteiger partial charge in [-0.25, -0.2) is 5.01 Å². The van der Waals surface area contributed by atoms with Crippen LogP contribution in [0.25, 0.3) is 11.1 Å². The number of hydrogen-bond donors (Lipinski definition) is 2. The van der Waals surface area contributed by atoms with Crippen LogP contribution in [0.3, 0.4) is 0 Å². The first-order valence-corrected chi connectivity index (χ1v) is 9.85. The highest BCUT2D eigenvalue weighted by Crippen LogP contribution is 2.41. The highest BCUT2D eigenvalue weighted by Gasteiger charge is 2.52. The normalized spacial score (nSPS) is 26.6. The fourth-order valence-electron chi connectivity index (χ4n) is 4.43. The summed E-state index contributed by atoms with van der Waals surface area (Å²) < 4.78 is 10.6. The number of hydrogen-bond acceptors (Lipinski definition) is 6. The lowest BCUT2D eigenvalue weighted by Crippen LogP contribution is -2.61. The van der Waals surface area contributed by atoms with Gasteiger partial charge in [0.1, 0.15) is 0 Å². The van der Waals surface area contributed by atoms with E-state index < -0.39 is 0 Å². The molecular formula is C22H29N3O3. The van der Waals surface area contributed by atoms with Crippen LogP contribution in [0.2, 0.25) is 0 Å². The molecule has 1 aliphatic carbocycles. The molecule has 6 nitrogen and oxygen atoms in total. The minimum absolute atomic E-state index is 0.509. The average Bonchev–Trinajstić information content (AvgIpc) is 2.95. The summed E-state index contributed by atoms with van der Waals surface area (Å²) in [5.41, 5.74) is 7.57. The minimum Gasteiger partial charge on any atom is -0.493 e. The molecule has 2 aromatic rings. The van der Waals surface area contributed by atoms with Crippen molar-refractivity contribution in [3.05, 3.63) is 42.0 Å². The Kier molecular flexibility index (Phi) is 5.44. The molecule has 4 atom stereocenters. The third kappa shape index (κ3) is 3.32.